The number of carbonyl (C=O) groups is 1. The highest BCUT2D eigenvalue weighted by molar-refractivity contribution is 6.07. The number of Topliss-reactive ketones (excluding diaryl/α,β-unsaturated/α-hetero) is 1. The van der Waals surface area contributed by atoms with Crippen molar-refractivity contribution in [3.63, 3.8) is 0 Å². The SMILES string of the molecule is CC#CCC(=O)c1coc2ccccc12. The molecule has 15 heavy (non-hydrogen) atoms. The third kappa shape index (κ3) is 1.77. The standard InChI is InChI=1S/C13H10O2/c1-2-3-7-12(14)11-9-15-13-8-5-4-6-10(11)13/h4-6,8-9H,7H2,1H3. The maximum atomic E-state index is 11.7. The second kappa shape index (κ2) is 4.02. The van der Waals surface area contributed by atoms with Crippen molar-refractivity contribution >= 4 is 16.8 Å². The fraction of sp³-hybridized carbons (Fsp3) is 0.154. The van der Waals surface area contributed by atoms with Gasteiger partial charge in [0.1, 0.15) is 11.8 Å². The molecule has 0 aliphatic carbocycles. The van der Waals surface area contributed by atoms with Gasteiger partial charge in [-0.1, -0.05) is 24.1 Å². The minimum atomic E-state index is 0.00861. The van der Waals surface area contributed by atoms with Gasteiger partial charge in [0.25, 0.3) is 0 Å². The second-order valence-corrected chi connectivity index (χ2v) is 3.17. The van der Waals surface area contributed by atoms with Gasteiger partial charge in [0.15, 0.2) is 5.78 Å². The molecule has 2 aromatic rings. The molecule has 0 radical (unpaired) electrons. The summed E-state index contributed by atoms with van der Waals surface area (Å²) in [5.74, 6) is 5.48. The lowest BCUT2D eigenvalue weighted by Crippen LogP contribution is -1.95. The van der Waals surface area contributed by atoms with Crippen molar-refractivity contribution in [2.45, 2.75) is 13.3 Å². The van der Waals surface area contributed by atoms with Gasteiger partial charge in [-0.25, -0.2) is 0 Å². The predicted octanol–water partition coefficient (Wildman–Crippen LogP) is 3.03. The van der Waals surface area contributed by atoms with Crippen molar-refractivity contribution in [3.8, 4) is 11.8 Å². The van der Waals surface area contributed by atoms with Crippen LogP contribution in [0.25, 0.3) is 11.0 Å². The number of benzene rings is 1. The van der Waals surface area contributed by atoms with Crippen LogP contribution in [0.3, 0.4) is 0 Å². The van der Waals surface area contributed by atoms with Crippen LogP contribution >= 0.6 is 0 Å². The second-order valence-electron chi connectivity index (χ2n) is 3.17. The Labute approximate surface area is 87.9 Å². The van der Waals surface area contributed by atoms with Gasteiger partial charge in [0.05, 0.1) is 12.0 Å². The number of fused-ring (bicyclic) bond motifs is 1. The first kappa shape index (κ1) is 9.54. The summed E-state index contributed by atoms with van der Waals surface area (Å²) in [6.07, 6.45) is 1.75. The molecule has 0 N–H and O–H groups in total. The van der Waals surface area contributed by atoms with E-state index in [-0.39, 0.29) is 12.2 Å². The lowest BCUT2D eigenvalue weighted by molar-refractivity contribution is 0.0999. The average Bonchev–Trinajstić information content (AvgIpc) is 2.69. The van der Waals surface area contributed by atoms with E-state index in [1.165, 1.54) is 6.26 Å². The van der Waals surface area contributed by atoms with Crippen molar-refractivity contribution in [1.82, 2.24) is 0 Å². The maximum Gasteiger partial charge on any atom is 0.178 e. The van der Waals surface area contributed by atoms with Crippen LogP contribution in [0.4, 0.5) is 0 Å². The monoisotopic (exact) mass is 198 g/mol. The number of para-hydroxylation sites is 1. The van der Waals surface area contributed by atoms with E-state index in [0.717, 1.165) is 11.0 Å². The highest BCUT2D eigenvalue weighted by Gasteiger charge is 2.11. The van der Waals surface area contributed by atoms with Crippen molar-refractivity contribution in [2.75, 3.05) is 0 Å². The molecule has 0 aliphatic heterocycles. The summed E-state index contributed by atoms with van der Waals surface area (Å²) < 4.78 is 5.28. The molecule has 0 bridgehead atoms. The van der Waals surface area contributed by atoms with Crippen molar-refractivity contribution in [2.24, 2.45) is 0 Å². The first-order chi connectivity index (χ1) is 7.33. The summed E-state index contributed by atoms with van der Waals surface area (Å²) >= 11 is 0. The molecule has 2 nitrogen and oxygen atoms in total. The van der Waals surface area contributed by atoms with Crippen molar-refractivity contribution in [3.05, 3.63) is 36.1 Å². The lowest BCUT2D eigenvalue weighted by Gasteiger charge is -1.91. The molecule has 74 valence electrons. The molecule has 0 spiro atoms. The molecule has 1 aromatic carbocycles. The minimum Gasteiger partial charge on any atom is -0.464 e. The van der Waals surface area contributed by atoms with E-state index in [2.05, 4.69) is 11.8 Å². The topological polar surface area (TPSA) is 30.2 Å². The van der Waals surface area contributed by atoms with Crippen LogP contribution in [0, 0.1) is 11.8 Å². The molecule has 0 aliphatic rings. The van der Waals surface area contributed by atoms with Gasteiger partial charge in [-0.05, 0) is 13.0 Å². The maximum absolute atomic E-state index is 11.7. The predicted molar refractivity (Wildman–Crippen MR) is 58.6 cm³/mol. The van der Waals surface area contributed by atoms with Gasteiger partial charge >= 0.3 is 0 Å². The molecule has 0 saturated heterocycles. The normalized spacial score (nSPS) is 9.67. The van der Waals surface area contributed by atoms with E-state index in [1.54, 1.807) is 6.92 Å². The molecule has 0 saturated carbocycles. The molecule has 1 heterocycles. The number of hydrogen-bond acceptors (Lipinski definition) is 2. The Morgan fingerprint density at radius 2 is 2.20 bits per heavy atom. The summed E-state index contributed by atoms with van der Waals surface area (Å²) in [7, 11) is 0. The van der Waals surface area contributed by atoms with Crippen LogP contribution in [0.15, 0.2) is 34.9 Å². The quantitative estimate of drug-likeness (QED) is 0.548. The van der Waals surface area contributed by atoms with Crippen LogP contribution in [-0.4, -0.2) is 5.78 Å². The summed E-state index contributed by atoms with van der Waals surface area (Å²) in [5.41, 5.74) is 1.36. The van der Waals surface area contributed by atoms with Gasteiger partial charge in [-0.3, -0.25) is 4.79 Å². The Hall–Kier alpha value is -2.01. The Balaban J connectivity index is 2.42. The van der Waals surface area contributed by atoms with E-state index < -0.39 is 0 Å². The van der Waals surface area contributed by atoms with Gasteiger partial charge in [0, 0.05) is 5.39 Å². The molecule has 0 unspecified atom stereocenters. The van der Waals surface area contributed by atoms with Gasteiger partial charge in [-0.2, -0.15) is 0 Å². The van der Waals surface area contributed by atoms with Gasteiger partial charge in [-0.15, -0.1) is 5.92 Å². The van der Waals surface area contributed by atoms with Gasteiger partial charge in [0.2, 0.25) is 0 Å². The van der Waals surface area contributed by atoms with E-state index in [1.807, 2.05) is 24.3 Å². The molecule has 0 amide bonds. The Morgan fingerprint density at radius 1 is 1.40 bits per heavy atom. The molecule has 0 atom stereocenters. The summed E-state index contributed by atoms with van der Waals surface area (Å²) in [4.78, 5) is 11.7. The van der Waals surface area contributed by atoms with E-state index in [4.69, 9.17) is 4.42 Å². The van der Waals surface area contributed by atoms with E-state index >= 15 is 0 Å². The molecule has 2 heteroatoms. The molecular formula is C13H10O2. The van der Waals surface area contributed by atoms with Crippen molar-refractivity contribution in [1.29, 1.82) is 0 Å². The van der Waals surface area contributed by atoms with Crippen LogP contribution < -0.4 is 0 Å². The third-order valence-electron chi connectivity index (χ3n) is 2.21. The summed E-state index contributed by atoms with van der Waals surface area (Å²) in [5, 5.41) is 0.861. The molecule has 1 aromatic heterocycles. The van der Waals surface area contributed by atoms with Crippen LogP contribution in [0.5, 0.6) is 0 Å². The van der Waals surface area contributed by atoms with Crippen LogP contribution in [0.2, 0.25) is 0 Å². The fourth-order valence-electron chi connectivity index (χ4n) is 1.46. The van der Waals surface area contributed by atoms with Gasteiger partial charge < -0.3 is 4.42 Å². The molecular weight excluding hydrogens is 188 g/mol. The highest BCUT2D eigenvalue weighted by atomic mass is 16.3. The Kier molecular flexibility index (Phi) is 2.55. The number of hydrogen-bond donors (Lipinski definition) is 0. The average molecular weight is 198 g/mol. The number of rotatable bonds is 2. The molecule has 2 rings (SSSR count). The zero-order valence-corrected chi connectivity index (χ0v) is 8.41. The number of ketones is 1. The van der Waals surface area contributed by atoms with Crippen LogP contribution in [0.1, 0.15) is 23.7 Å². The number of furan rings is 1. The number of carbonyl (C=O) groups excluding carboxylic acids is 1. The minimum absolute atomic E-state index is 0.00861. The highest BCUT2D eigenvalue weighted by Crippen LogP contribution is 2.21. The van der Waals surface area contributed by atoms with E-state index in [0.29, 0.717) is 5.56 Å². The first-order valence-corrected chi connectivity index (χ1v) is 4.72. The summed E-state index contributed by atoms with van der Waals surface area (Å²) in [6, 6.07) is 7.50. The Morgan fingerprint density at radius 3 is 3.00 bits per heavy atom. The van der Waals surface area contributed by atoms with Crippen LogP contribution in [-0.2, 0) is 0 Å². The fourth-order valence-corrected chi connectivity index (χ4v) is 1.46. The largest absolute Gasteiger partial charge is 0.464 e. The zero-order valence-electron chi connectivity index (χ0n) is 8.41. The lowest BCUT2D eigenvalue weighted by atomic mass is 10.1. The smallest absolute Gasteiger partial charge is 0.178 e. The summed E-state index contributed by atoms with van der Waals surface area (Å²) in [6.45, 7) is 1.72. The zero-order chi connectivity index (χ0) is 10.7. The van der Waals surface area contributed by atoms with Crippen molar-refractivity contribution < 1.29 is 9.21 Å². The first-order valence-electron chi connectivity index (χ1n) is 4.72. The third-order valence-corrected chi connectivity index (χ3v) is 2.21. The van der Waals surface area contributed by atoms with E-state index in [9.17, 15) is 4.79 Å². The molecule has 0 fully saturated rings. The Bertz CT molecular complexity index is 552.